The van der Waals surface area contributed by atoms with E-state index in [0.717, 1.165) is 5.56 Å². The molecule has 0 aliphatic carbocycles. The molecule has 29 heavy (non-hydrogen) atoms. The monoisotopic (exact) mass is 390 g/mol. The summed E-state index contributed by atoms with van der Waals surface area (Å²) in [5.41, 5.74) is 1.96. The average Bonchev–Trinajstić information content (AvgIpc) is 2.78. The summed E-state index contributed by atoms with van der Waals surface area (Å²) >= 11 is 0. The number of carbonyl (C=O) groups excluding carboxylic acids is 1. The number of hydrogen-bond donors (Lipinski definition) is 2. The highest BCUT2D eigenvalue weighted by molar-refractivity contribution is 5.99. The minimum absolute atomic E-state index is 0.0637. The molecule has 0 saturated heterocycles. The van der Waals surface area contributed by atoms with E-state index in [-0.39, 0.29) is 11.5 Å². The van der Waals surface area contributed by atoms with Crippen molar-refractivity contribution < 1.29 is 24.5 Å². The number of ketones is 1. The van der Waals surface area contributed by atoms with Gasteiger partial charge in [0.25, 0.3) is 0 Å². The van der Waals surface area contributed by atoms with E-state index in [1.807, 2.05) is 42.5 Å². The maximum atomic E-state index is 11.9. The molecule has 0 saturated carbocycles. The molecule has 148 valence electrons. The number of aliphatic carboxylic acids is 1. The SMILES string of the molecule is COC(=Cc1ccccc1)C(=O)O.O=C(c1ccccc1)C(O)c1ccccc1. The number of ether oxygens (including phenoxy) is 1. The lowest BCUT2D eigenvalue weighted by atomic mass is 10.0. The number of benzene rings is 3. The van der Waals surface area contributed by atoms with Crippen LogP contribution >= 0.6 is 0 Å². The minimum atomic E-state index is -1.08. The number of carbonyl (C=O) groups is 2. The van der Waals surface area contributed by atoms with Gasteiger partial charge < -0.3 is 14.9 Å². The van der Waals surface area contributed by atoms with Gasteiger partial charge in [-0.3, -0.25) is 4.79 Å². The van der Waals surface area contributed by atoms with Gasteiger partial charge in [-0.05, 0) is 17.2 Å². The number of hydrogen-bond acceptors (Lipinski definition) is 4. The van der Waals surface area contributed by atoms with E-state index in [0.29, 0.717) is 11.1 Å². The van der Waals surface area contributed by atoms with Crippen LogP contribution in [0.15, 0.2) is 96.8 Å². The molecule has 3 aromatic rings. The van der Waals surface area contributed by atoms with Crippen molar-refractivity contribution in [2.45, 2.75) is 6.10 Å². The molecule has 2 N–H and O–H groups in total. The first-order chi connectivity index (χ1) is 14.0. The van der Waals surface area contributed by atoms with Gasteiger partial charge in [0.05, 0.1) is 7.11 Å². The summed E-state index contributed by atoms with van der Waals surface area (Å²) < 4.78 is 4.68. The second-order valence-corrected chi connectivity index (χ2v) is 5.97. The maximum absolute atomic E-state index is 11.9. The summed E-state index contributed by atoms with van der Waals surface area (Å²) in [6.07, 6.45) is 0.395. The van der Waals surface area contributed by atoms with Crippen LogP contribution in [0.5, 0.6) is 0 Å². The van der Waals surface area contributed by atoms with E-state index in [1.54, 1.807) is 48.5 Å². The molecule has 5 heteroatoms. The lowest BCUT2D eigenvalue weighted by Crippen LogP contribution is -2.11. The number of carboxylic acid groups (broad SMARTS) is 1. The molecule has 3 rings (SSSR count). The van der Waals surface area contributed by atoms with Gasteiger partial charge >= 0.3 is 5.97 Å². The van der Waals surface area contributed by atoms with Crippen molar-refractivity contribution >= 4 is 17.8 Å². The Hall–Kier alpha value is -3.70. The lowest BCUT2D eigenvalue weighted by Gasteiger charge is -2.09. The summed E-state index contributed by atoms with van der Waals surface area (Å²) in [7, 11) is 1.34. The molecule has 0 amide bonds. The van der Waals surface area contributed by atoms with Gasteiger partial charge in [-0.2, -0.15) is 0 Å². The second-order valence-electron chi connectivity index (χ2n) is 5.97. The van der Waals surface area contributed by atoms with Crippen molar-refractivity contribution in [3.8, 4) is 0 Å². The molecule has 1 atom stereocenters. The topological polar surface area (TPSA) is 83.8 Å². The molecule has 0 aromatic heterocycles. The summed E-state index contributed by atoms with van der Waals surface area (Å²) in [6, 6.07) is 26.9. The van der Waals surface area contributed by atoms with E-state index >= 15 is 0 Å². The highest BCUT2D eigenvalue weighted by Gasteiger charge is 2.18. The first-order valence-electron chi connectivity index (χ1n) is 8.89. The maximum Gasteiger partial charge on any atom is 0.371 e. The third-order valence-corrected chi connectivity index (χ3v) is 3.95. The van der Waals surface area contributed by atoms with Gasteiger partial charge in [-0.25, -0.2) is 4.79 Å². The Balaban J connectivity index is 0.000000212. The molecule has 0 aliphatic rings. The Morgan fingerprint density at radius 2 is 1.31 bits per heavy atom. The fourth-order valence-corrected chi connectivity index (χ4v) is 2.46. The second kappa shape index (κ2) is 11.2. The minimum Gasteiger partial charge on any atom is -0.490 e. The summed E-state index contributed by atoms with van der Waals surface area (Å²) in [5, 5.41) is 18.5. The molecule has 0 bridgehead atoms. The van der Waals surface area contributed by atoms with Gasteiger partial charge in [0.1, 0.15) is 6.10 Å². The number of Topliss-reactive ketones (excluding diaryl/α,β-unsaturated/α-hetero) is 1. The highest BCUT2D eigenvalue weighted by atomic mass is 16.5. The van der Waals surface area contributed by atoms with Gasteiger partial charge in [-0.15, -0.1) is 0 Å². The molecule has 5 nitrogen and oxygen atoms in total. The van der Waals surface area contributed by atoms with Gasteiger partial charge in [0, 0.05) is 5.56 Å². The molecular formula is C24H22O5. The van der Waals surface area contributed by atoms with Crippen LogP contribution in [0.2, 0.25) is 0 Å². The average molecular weight is 390 g/mol. The van der Waals surface area contributed by atoms with E-state index in [9.17, 15) is 14.7 Å². The third kappa shape index (κ3) is 6.75. The fraction of sp³-hybridized carbons (Fsp3) is 0.0833. The number of aliphatic hydroxyl groups is 1. The predicted octanol–water partition coefficient (Wildman–Crippen LogP) is 4.36. The summed E-state index contributed by atoms with van der Waals surface area (Å²) in [4.78, 5) is 22.4. The molecule has 1 unspecified atom stereocenters. The Kier molecular flexibility index (Phi) is 8.35. The van der Waals surface area contributed by atoms with Crippen LogP contribution in [0.25, 0.3) is 6.08 Å². The largest absolute Gasteiger partial charge is 0.490 e. The zero-order valence-corrected chi connectivity index (χ0v) is 15.9. The first-order valence-corrected chi connectivity index (χ1v) is 8.89. The number of methoxy groups -OCH3 is 1. The first kappa shape index (κ1) is 21.6. The van der Waals surface area contributed by atoms with Crippen LogP contribution in [-0.2, 0) is 9.53 Å². The fourth-order valence-electron chi connectivity index (χ4n) is 2.46. The Morgan fingerprint density at radius 3 is 1.79 bits per heavy atom. The van der Waals surface area contributed by atoms with E-state index < -0.39 is 12.1 Å². The van der Waals surface area contributed by atoms with Crippen LogP contribution in [0.3, 0.4) is 0 Å². The van der Waals surface area contributed by atoms with Crippen LogP contribution in [0.4, 0.5) is 0 Å². The molecule has 0 spiro atoms. The van der Waals surface area contributed by atoms with Crippen molar-refractivity contribution in [2.24, 2.45) is 0 Å². The van der Waals surface area contributed by atoms with Gasteiger partial charge in [0.2, 0.25) is 5.76 Å². The highest BCUT2D eigenvalue weighted by Crippen LogP contribution is 2.17. The zero-order chi connectivity index (χ0) is 21.1. The van der Waals surface area contributed by atoms with Crippen molar-refractivity contribution in [3.05, 3.63) is 113 Å². The summed E-state index contributed by atoms with van der Waals surface area (Å²) in [5.74, 6) is -1.40. The van der Waals surface area contributed by atoms with Crippen LogP contribution in [0, 0.1) is 0 Å². The predicted molar refractivity (Wildman–Crippen MR) is 111 cm³/mol. The third-order valence-electron chi connectivity index (χ3n) is 3.95. The normalized spacial score (nSPS) is 11.6. The van der Waals surface area contributed by atoms with Crippen LogP contribution in [0.1, 0.15) is 27.6 Å². The molecule has 0 heterocycles. The van der Waals surface area contributed by atoms with E-state index in [2.05, 4.69) is 4.74 Å². The number of aliphatic hydroxyl groups excluding tert-OH is 1. The lowest BCUT2D eigenvalue weighted by molar-refractivity contribution is -0.135. The summed E-state index contributed by atoms with van der Waals surface area (Å²) in [6.45, 7) is 0. The molecular weight excluding hydrogens is 368 g/mol. The quantitative estimate of drug-likeness (QED) is 0.371. The molecule has 0 aliphatic heterocycles. The standard InChI is InChI=1S/C14H12O2.C10H10O3/c15-13(11-7-3-1-4-8-11)14(16)12-9-5-2-6-10-12;1-13-9(10(11)12)7-8-5-3-2-4-6-8/h1-10,13,15H;2-7H,1H3,(H,11,12). The smallest absolute Gasteiger partial charge is 0.371 e. The Labute approximate surface area is 169 Å². The van der Waals surface area contributed by atoms with E-state index in [4.69, 9.17) is 5.11 Å². The molecule has 0 radical (unpaired) electrons. The Morgan fingerprint density at radius 1 is 0.828 bits per heavy atom. The van der Waals surface area contributed by atoms with Crippen LogP contribution < -0.4 is 0 Å². The molecule has 3 aromatic carbocycles. The van der Waals surface area contributed by atoms with E-state index in [1.165, 1.54) is 13.2 Å². The zero-order valence-electron chi connectivity index (χ0n) is 15.9. The molecule has 0 fully saturated rings. The number of rotatable bonds is 6. The van der Waals surface area contributed by atoms with Crippen molar-refractivity contribution in [1.82, 2.24) is 0 Å². The Bertz CT molecular complexity index is 935. The number of carboxylic acids is 1. The van der Waals surface area contributed by atoms with Crippen molar-refractivity contribution in [3.63, 3.8) is 0 Å². The van der Waals surface area contributed by atoms with Crippen molar-refractivity contribution in [1.29, 1.82) is 0 Å². The van der Waals surface area contributed by atoms with Crippen molar-refractivity contribution in [2.75, 3.05) is 7.11 Å². The van der Waals surface area contributed by atoms with Gasteiger partial charge in [-0.1, -0.05) is 91.0 Å². The van der Waals surface area contributed by atoms with Crippen LogP contribution in [-0.4, -0.2) is 29.1 Å². The van der Waals surface area contributed by atoms with Gasteiger partial charge in [0.15, 0.2) is 5.78 Å².